The van der Waals surface area contributed by atoms with Crippen molar-refractivity contribution < 1.29 is 17.9 Å². The average molecular weight is 439 g/mol. The van der Waals surface area contributed by atoms with Gasteiger partial charge in [0.2, 0.25) is 15.9 Å². The van der Waals surface area contributed by atoms with Crippen molar-refractivity contribution >= 4 is 27.3 Å². The van der Waals surface area contributed by atoms with Gasteiger partial charge < -0.3 is 10.1 Å². The first-order valence-corrected chi connectivity index (χ1v) is 11.8. The molecule has 1 N–H and O–H groups in total. The Morgan fingerprint density at radius 2 is 1.58 bits per heavy atom. The summed E-state index contributed by atoms with van der Waals surface area (Å²) in [6.45, 7) is 3.95. The number of hydrogen-bond acceptors (Lipinski definition) is 4. The van der Waals surface area contributed by atoms with Crippen molar-refractivity contribution in [2.75, 3.05) is 22.5 Å². The molecule has 0 aromatic heterocycles. The summed E-state index contributed by atoms with van der Waals surface area (Å²) in [5, 5.41) is 2.89. The standard InChI is InChI=1S/C24H26N2O4S/c1-4-30-21-16-14-20(15-17-21)26(31(3,28)29)18(2)24(27)25-23-13-9-8-12-22(23)19-10-6-5-7-11-19/h5-18H,4H2,1-3H3,(H,25,27)/t18-/m0/s1. The molecule has 7 heteroatoms. The number of nitrogens with zero attached hydrogens (tertiary/aromatic N) is 1. The van der Waals surface area contributed by atoms with E-state index in [0.29, 0.717) is 23.7 Å². The Hall–Kier alpha value is -3.32. The van der Waals surface area contributed by atoms with Gasteiger partial charge in [-0.15, -0.1) is 0 Å². The average Bonchev–Trinajstić information content (AvgIpc) is 2.75. The van der Waals surface area contributed by atoms with Gasteiger partial charge in [0, 0.05) is 11.3 Å². The van der Waals surface area contributed by atoms with E-state index in [1.54, 1.807) is 37.3 Å². The Morgan fingerprint density at radius 3 is 2.19 bits per heavy atom. The van der Waals surface area contributed by atoms with Gasteiger partial charge in [-0.1, -0.05) is 48.5 Å². The summed E-state index contributed by atoms with van der Waals surface area (Å²) in [6, 6.07) is 22.8. The molecule has 0 radical (unpaired) electrons. The van der Waals surface area contributed by atoms with Gasteiger partial charge in [-0.2, -0.15) is 0 Å². The number of ether oxygens (including phenoxy) is 1. The number of rotatable bonds is 8. The van der Waals surface area contributed by atoms with Crippen LogP contribution < -0.4 is 14.4 Å². The number of anilines is 2. The minimum Gasteiger partial charge on any atom is -0.494 e. The molecule has 1 amide bonds. The molecule has 0 aliphatic heterocycles. The van der Waals surface area contributed by atoms with Crippen LogP contribution in [0.2, 0.25) is 0 Å². The topological polar surface area (TPSA) is 75.7 Å². The maximum atomic E-state index is 13.1. The zero-order chi connectivity index (χ0) is 22.4. The van der Waals surface area contributed by atoms with Gasteiger partial charge in [-0.3, -0.25) is 9.10 Å². The predicted molar refractivity (Wildman–Crippen MR) is 125 cm³/mol. The fraction of sp³-hybridized carbons (Fsp3) is 0.208. The van der Waals surface area contributed by atoms with E-state index in [9.17, 15) is 13.2 Å². The third kappa shape index (κ3) is 5.44. The first kappa shape index (κ1) is 22.4. The number of carbonyl (C=O) groups excluding carboxylic acids is 1. The van der Waals surface area contributed by atoms with Crippen molar-refractivity contribution in [3.05, 3.63) is 78.9 Å². The first-order valence-electron chi connectivity index (χ1n) is 9.99. The molecular weight excluding hydrogens is 412 g/mol. The third-order valence-electron chi connectivity index (χ3n) is 4.76. The summed E-state index contributed by atoms with van der Waals surface area (Å²) >= 11 is 0. The van der Waals surface area contributed by atoms with Gasteiger partial charge >= 0.3 is 0 Å². The lowest BCUT2D eigenvalue weighted by Crippen LogP contribution is -2.45. The quantitative estimate of drug-likeness (QED) is 0.560. The molecule has 0 spiro atoms. The molecule has 0 bridgehead atoms. The molecule has 0 saturated heterocycles. The molecule has 0 fully saturated rings. The van der Waals surface area contributed by atoms with E-state index in [1.165, 1.54) is 0 Å². The summed E-state index contributed by atoms with van der Waals surface area (Å²) in [4.78, 5) is 13.1. The number of amides is 1. The molecule has 3 aromatic rings. The van der Waals surface area contributed by atoms with Crippen LogP contribution in [-0.2, 0) is 14.8 Å². The van der Waals surface area contributed by atoms with Gasteiger partial charge in [-0.25, -0.2) is 8.42 Å². The van der Waals surface area contributed by atoms with Crippen LogP contribution in [0.5, 0.6) is 5.75 Å². The van der Waals surface area contributed by atoms with Crippen LogP contribution in [0.25, 0.3) is 11.1 Å². The Morgan fingerprint density at radius 1 is 0.968 bits per heavy atom. The normalized spacial score (nSPS) is 12.1. The molecule has 162 valence electrons. The number of para-hydroxylation sites is 1. The van der Waals surface area contributed by atoms with Crippen LogP contribution in [0, 0.1) is 0 Å². The fourth-order valence-electron chi connectivity index (χ4n) is 3.36. The number of nitrogens with one attached hydrogen (secondary N) is 1. The largest absolute Gasteiger partial charge is 0.494 e. The van der Waals surface area contributed by atoms with E-state index >= 15 is 0 Å². The zero-order valence-electron chi connectivity index (χ0n) is 17.8. The highest BCUT2D eigenvalue weighted by molar-refractivity contribution is 7.92. The number of benzene rings is 3. The van der Waals surface area contributed by atoms with E-state index in [0.717, 1.165) is 21.7 Å². The summed E-state index contributed by atoms with van der Waals surface area (Å²) < 4.78 is 31.6. The van der Waals surface area contributed by atoms with E-state index in [2.05, 4.69) is 5.32 Å². The van der Waals surface area contributed by atoms with E-state index < -0.39 is 22.0 Å². The predicted octanol–water partition coefficient (Wildman–Crippen LogP) is 4.55. The van der Waals surface area contributed by atoms with Crippen molar-refractivity contribution in [2.45, 2.75) is 19.9 Å². The Labute approximate surface area is 183 Å². The van der Waals surface area contributed by atoms with Gasteiger partial charge in [0.1, 0.15) is 11.8 Å². The van der Waals surface area contributed by atoms with Crippen LogP contribution >= 0.6 is 0 Å². The Balaban J connectivity index is 1.88. The second-order valence-electron chi connectivity index (χ2n) is 7.06. The maximum absolute atomic E-state index is 13.1. The first-order chi connectivity index (χ1) is 14.8. The van der Waals surface area contributed by atoms with Crippen molar-refractivity contribution in [2.24, 2.45) is 0 Å². The smallest absolute Gasteiger partial charge is 0.248 e. The SMILES string of the molecule is CCOc1ccc(N([C@@H](C)C(=O)Nc2ccccc2-c2ccccc2)S(C)(=O)=O)cc1. The number of hydrogen-bond donors (Lipinski definition) is 1. The maximum Gasteiger partial charge on any atom is 0.248 e. The van der Waals surface area contributed by atoms with Gasteiger partial charge in [-0.05, 0) is 49.7 Å². The lowest BCUT2D eigenvalue weighted by atomic mass is 10.0. The summed E-state index contributed by atoms with van der Waals surface area (Å²) in [7, 11) is -3.71. The Bertz CT molecular complexity index is 1130. The second-order valence-corrected chi connectivity index (χ2v) is 8.92. The second kappa shape index (κ2) is 9.66. The van der Waals surface area contributed by atoms with Gasteiger partial charge in [0.15, 0.2) is 0 Å². The molecule has 6 nitrogen and oxygen atoms in total. The summed E-state index contributed by atoms with van der Waals surface area (Å²) in [6.07, 6.45) is 1.09. The van der Waals surface area contributed by atoms with Crippen molar-refractivity contribution in [1.29, 1.82) is 0 Å². The van der Waals surface area contributed by atoms with Crippen molar-refractivity contribution in [1.82, 2.24) is 0 Å². The van der Waals surface area contributed by atoms with Crippen molar-refractivity contribution in [3.8, 4) is 16.9 Å². The third-order valence-corrected chi connectivity index (χ3v) is 6.00. The van der Waals surface area contributed by atoms with Crippen LogP contribution in [0.15, 0.2) is 78.9 Å². The van der Waals surface area contributed by atoms with Gasteiger partial charge in [0.25, 0.3) is 0 Å². The molecular formula is C24H26N2O4S. The monoisotopic (exact) mass is 438 g/mol. The molecule has 3 rings (SSSR count). The number of sulfonamides is 1. The highest BCUT2D eigenvalue weighted by Gasteiger charge is 2.29. The molecule has 31 heavy (non-hydrogen) atoms. The van der Waals surface area contributed by atoms with E-state index in [-0.39, 0.29) is 0 Å². The highest BCUT2D eigenvalue weighted by Crippen LogP contribution is 2.29. The molecule has 0 unspecified atom stereocenters. The molecule has 1 atom stereocenters. The van der Waals surface area contributed by atoms with Crippen LogP contribution in [0.4, 0.5) is 11.4 Å². The lowest BCUT2D eigenvalue weighted by Gasteiger charge is -2.28. The molecule has 0 saturated carbocycles. The van der Waals surface area contributed by atoms with Crippen LogP contribution in [-0.4, -0.2) is 33.2 Å². The fourth-order valence-corrected chi connectivity index (χ4v) is 4.54. The van der Waals surface area contributed by atoms with E-state index in [4.69, 9.17) is 4.74 Å². The van der Waals surface area contributed by atoms with E-state index in [1.807, 2.05) is 55.5 Å². The van der Waals surface area contributed by atoms with Crippen LogP contribution in [0.1, 0.15) is 13.8 Å². The van der Waals surface area contributed by atoms with Crippen molar-refractivity contribution in [3.63, 3.8) is 0 Å². The molecule has 0 aliphatic rings. The van der Waals surface area contributed by atoms with Gasteiger partial charge in [0.05, 0.1) is 18.6 Å². The molecule has 0 aliphatic carbocycles. The minimum atomic E-state index is -3.71. The summed E-state index contributed by atoms with van der Waals surface area (Å²) in [5.74, 6) is 0.205. The highest BCUT2D eigenvalue weighted by atomic mass is 32.2. The minimum absolute atomic E-state index is 0.393. The lowest BCUT2D eigenvalue weighted by molar-refractivity contribution is -0.116. The molecule has 3 aromatic carbocycles. The Kier molecular flexibility index (Phi) is 6.97. The summed E-state index contributed by atoms with van der Waals surface area (Å²) in [5.41, 5.74) is 2.82. The number of carbonyl (C=O) groups is 1. The van der Waals surface area contributed by atoms with Crippen LogP contribution in [0.3, 0.4) is 0 Å². The zero-order valence-corrected chi connectivity index (χ0v) is 18.6. The molecule has 0 heterocycles.